The van der Waals surface area contributed by atoms with E-state index in [9.17, 15) is 9.59 Å². The standard InChI is InChI=1S/C18H24N4O2/c1-11(2)16(17-19-13-7-4-5-8-14(13)20-17)21-18(24)15-9-6-10-22(15)12(3)23/h4-5,7-8,11,15-16H,6,9-10H2,1-3H3,(H,19,20)(H,21,24). The first-order valence-electron chi connectivity index (χ1n) is 8.49. The van der Waals surface area contributed by atoms with E-state index in [-0.39, 0.29) is 29.8 Å². The number of para-hydroxylation sites is 2. The van der Waals surface area contributed by atoms with Crippen molar-refractivity contribution < 1.29 is 9.59 Å². The minimum absolute atomic E-state index is 0.0440. The van der Waals surface area contributed by atoms with Crippen molar-refractivity contribution in [1.29, 1.82) is 0 Å². The van der Waals surface area contributed by atoms with Crippen molar-refractivity contribution in [3.05, 3.63) is 30.1 Å². The van der Waals surface area contributed by atoms with Gasteiger partial charge in [-0.25, -0.2) is 4.98 Å². The third-order valence-electron chi connectivity index (χ3n) is 4.63. The average Bonchev–Trinajstić information content (AvgIpc) is 3.18. The molecule has 1 aliphatic rings. The van der Waals surface area contributed by atoms with Gasteiger partial charge >= 0.3 is 0 Å². The lowest BCUT2D eigenvalue weighted by molar-refractivity contribution is -0.137. The van der Waals surface area contributed by atoms with E-state index in [0.29, 0.717) is 6.54 Å². The maximum absolute atomic E-state index is 12.7. The van der Waals surface area contributed by atoms with Crippen molar-refractivity contribution in [3.63, 3.8) is 0 Å². The summed E-state index contributed by atoms with van der Waals surface area (Å²) < 4.78 is 0. The summed E-state index contributed by atoms with van der Waals surface area (Å²) in [5.41, 5.74) is 1.84. The number of likely N-dealkylation sites (tertiary alicyclic amines) is 1. The molecule has 2 unspecified atom stereocenters. The third-order valence-corrected chi connectivity index (χ3v) is 4.63. The number of carbonyl (C=O) groups excluding carboxylic acids is 2. The predicted molar refractivity (Wildman–Crippen MR) is 92.2 cm³/mol. The van der Waals surface area contributed by atoms with Crippen LogP contribution in [0.4, 0.5) is 0 Å². The van der Waals surface area contributed by atoms with Gasteiger partial charge in [-0.1, -0.05) is 26.0 Å². The number of aromatic amines is 1. The summed E-state index contributed by atoms with van der Waals surface area (Å²) in [6.07, 6.45) is 1.59. The van der Waals surface area contributed by atoms with Crippen molar-refractivity contribution in [2.24, 2.45) is 5.92 Å². The Hall–Kier alpha value is -2.37. The van der Waals surface area contributed by atoms with E-state index in [1.807, 2.05) is 24.3 Å². The monoisotopic (exact) mass is 328 g/mol. The number of hydrogen-bond donors (Lipinski definition) is 2. The normalized spacial score (nSPS) is 19.0. The molecule has 2 N–H and O–H groups in total. The number of imidazole rings is 1. The SMILES string of the molecule is CC(=O)N1CCCC1C(=O)NC(c1nc2ccccc2[nH]1)C(C)C. The molecule has 6 heteroatoms. The topological polar surface area (TPSA) is 78.1 Å². The van der Waals surface area contributed by atoms with Crippen LogP contribution in [0, 0.1) is 5.92 Å². The molecular weight excluding hydrogens is 304 g/mol. The van der Waals surface area contributed by atoms with Gasteiger partial charge in [0.15, 0.2) is 0 Å². The van der Waals surface area contributed by atoms with Gasteiger partial charge in [0.25, 0.3) is 0 Å². The molecule has 1 aromatic carbocycles. The Kier molecular flexibility index (Phi) is 4.55. The van der Waals surface area contributed by atoms with E-state index in [4.69, 9.17) is 0 Å². The highest BCUT2D eigenvalue weighted by atomic mass is 16.2. The van der Waals surface area contributed by atoms with Crippen molar-refractivity contribution >= 4 is 22.8 Å². The molecule has 0 spiro atoms. The van der Waals surface area contributed by atoms with E-state index in [1.54, 1.807) is 4.90 Å². The second kappa shape index (κ2) is 6.63. The van der Waals surface area contributed by atoms with Crippen LogP contribution in [0.25, 0.3) is 11.0 Å². The summed E-state index contributed by atoms with van der Waals surface area (Å²) in [6.45, 7) is 6.28. The molecule has 1 fully saturated rings. The quantitative estimate of drug-likeness (QED) is 0.904. The lowest BCUT2D eigenvalue weighted by Crippen LogP contribution is -2.47. The fourth-order valence-electron chi connectivity index (χ4n) is 3.34. The van der Waals surface area contributed by atoms with Crippen LogP contribution in [-0.4, -0.2) is 39.3 Å². The highest BCUT2D eigenvalue weighted by Crippen LogP contribution is 2.24. The number of aromatic nitrogens is 2. The zero-order valence-corrected chi connectivity index (χ0v) is 14.4. The Morgan fingerprint density at radius 1 is 1.33 bits per heavy atom. The maximum atomic E-state index is 12.7. The number of amides is 2. The largest absolute Gasteiger partial charge is 0.344 e. The summed E-state index contributed by atoms with van der Waals surface area (Å²) in [4.78, 5) is 34.0. The molecule has 1 aromatic heterocycles. The highest BCUT2D eigenvalue weighted by molar-refractivity contribution is 5.87. The molecule has 6 nitrogen and oxygen atoms in total. The number of carbonyl (C=O) groups is 2. The van der Waals surface area contributed by atoms with Gasteiger partial charge in [0.1, 0.15) is 11.9 Å². The fraction of sp³-hybridized carbons (Fsp3) is 0.500. The first kappa shape index (κ1) is 16.5. The van der Waals surface area contributed by atoms with Gasteiger partial charge in [-0.05, 0) is 30.9 Å². The molecule has 1 aliphatic heterocycles. The first-order chi connectivity index (χ1) is 11.5. The number of rotatable bonds is 4. The second-order valence-corrected chi connectivity index (χ2v) is 6.74. The molecule has 0 radical (unpaired) electrons. The van der Waals surface area contributed by atoms with Crippen LogP contribution in [0.3, 0.4) is 0 Å². The summed E-state index contributed by atoms with van der Waals surface area (Å²) in [5.74, 6) is 0.799. The maximum Gasteiger partial charge on any atom is 0.243 e. The molecule has 2 amide bonds. The van der Waals surface area contributed by atoms with Gasteiger partial charge in [0.2, 0.25) is 11.8 Å². The van der Waals surface area contributed by atoms with E-state index in [1.165, 1.54) is 6.92 Å². The van der Waals surface area contributed by atoms with E-state index >= 15 is 0 Å². The van der Waals surface area contributed by atoms with Gasteiger partial charge < -0.3 is 15.2 Å². The molecule has 3 rings (SSSR count). The minimum atomic E-state index is -0.367. The van der Waals surface area contributed by atoms with Crippen LogP contribution >= 0.6 is 0 Å². The number of H-pyrrole nitrogens is 1. The molecule has 2 heterocycles. The summed E-state index contributed by atoms with van der Waals surface area (Å²) >= 11 is 0. The average molecular weight is 328 g/mol. The number of fused-ring (bicyclic) bond motifs is 1. The lowest BCUT2D eigenvalue weighted by Gasteiger charge is -2.26. The molecule has 24 heavy (non-hydrogen) atoms. The van der Waals surface area contributed by atoms with Crippen molar-refractivity contribution in [3.8, 4) is 0 Å². The molecular formula is C18H24N4O2. The molecule has 0 bridgehead atoms. The predicted octanol–water partition coefficient (Wildman–Crippen LogP) is 2.39. The van der Waals surface area contributed by atoms with Gasteiger partial charge in [-0.15, -0.1) is 0 Å². The molecule has 2 atom stereocenters. The Labute approximate surface area is 141 Å². The van der Waals surface area contributed by atoms with Crippen LogP contribution in [0.2, 0.25) is 0 Å². The fourth-order valence-corrected chi connectivity index (χ4v) is 3.34. The van der Waals surface area contributed by atoms with Crippen LogP contribution in [0.1, 0.15) is 45.5 Å². The summed E-state index contributed by atoms with van der Waals surface area (Å²) in [5, 5.41) is 3.09. The van der Waals surface area contributed by atoms with Gasteiger partial charge in [-0.2, -0.15) is 0 Å². The Morgan fingerprint density at radius 2 is 2.08 bits per heavy atom. The zero-order valence-electron chi connectivity index (χ0n) is 14.4. The van der Waals surface area contributed by atoms with Crippen molar-refractivity contribution in [2.75, 3.05) is 6.54 Å². The Balaban J connectivity index is 1.81. The lowest BCUT2D eigenvalue weighted by atomic mass is 10.0. The third kappa shape index (κ3) is 3.13. The van der Waals surface area contributed by atoms with Crippen LogP contribution < -0.4 is 5.32 Å². The number of nitrogens with one attached hydrogen (secondary N) is 2. The van der Waals surface area contributed by atoms with E-state index in [0.717, 1.165) is 29.7 Å². The Bertz CT molecular complexity index is 719. The van der Waals surface area contributed by atoms with Gasteiger partial charge in [-0.3, -0.25) is 9.59 Å². The molecule has 0 aliphatic carbocycles. The first-order valence-corrected chi connectivity index (χ1v) is 8.49. The van der Waals surface area contributed by atoms with Crippen molar-refractivity contribution in [2.45, 2.75) is 45.7 Å². The van der Waals surface area contributed by atoms with Crippen LogP contribution in [0.15, 0.2) is 24.3 Å². The van der Waals surface area contributed by atoms with Crippen molar-refractivity contribution in [1.82, 2.24) is 20.2 Å². The minimum Gasteiger partial charge on any atom is -0.344 e. The van der Waals surface area contributed by atoms with Gasteiger partial charge in [0.05, 0.1) is 17.1 Å². The molecule has 1 saturated heterocycles. The summed E-state index contributed by atoms with van der Waals surface area (Å²) in [6, 6.07) is 7.24. The number of hydrogen-bond acceptors (Lipinski definition) is 3. The van der Waals surface area contributed by atoms with Crippen LogP contribution in [0.5, 0.6) is 0 Å². The number of benzene rings is 1. The van der Waals surface area contributed by atoms with E-state index in [2.05, 4.69) is 29.1 Å². The molecule has 0 saturated carbocycles. The second-order valence-electron chi connectivity index (χ2n) is 6.74. The zero-order chi connectivity index (χ0) is 17.3. The van der Waals surface area contributed by atoms with Crippen LogP contribution in [-0.2, 0) is 9.59 Å². The van der Waals surface area contributed by atoms with Gasteiger partial charge in [0, 0.05) is 13.5 Å². The highest BCUT2D eigenvalue weighted by Gasteiger charge is 2.34. The van der Waals surface area contributed by atoms with E-state index < -0.39 is 0 Å². The summed E-state index contributed by atoms with van der Waals surface area (Å²) in [7, 11) is 0. The number of nitrogens with zero attached hydrogens (tertiary/aromatic N) is 2. The molecule has 2 aromatic rings. The molecule has 128 valence electrons. The smallest absolute Gasteiger partial charge is 0.243 e. The Morgan fingerprint density at radius 3 is 2.75 bits per heavy atom.